The summed E-state index contributed by atoms with van der Waals surface area (Å²) >= 11 is 0. The lowest BCUT2D eigenvalue weighted by atomic mass is 10.1. The van der Waals surface area contributed by atoms with Gasteiger partial charge in [-0.1, -0.05) is 29.8 Å². The third kappa shape index (κ3) is 5.40. The van der Waals surface area contributed by atoms with Gasteiger partial charge in [0, 0.05) is 5.56 Å². The predicted octanol–water partition coefficient (Wildman–Crippen LogP) is 1.25. The highest BCUT2D eigenvalue weighted by Gasteiger charge is 2.13. The molecule has 2 amide bonds. The van der Waals surface area contributed by atoms with Crippen molar-refractivity contribution in [2.75, 3.05) is 6.54 Å². The first-order valence-electron chi connectivity index (χ1n) is 7.94. The fourth-order valence-corrected chi connectivity index (χ4v) is 2.89. The highest BCUT2D eigenvalue weighted by molar-refractivity contribution is 7.89. The molecule has 0 bridgehead atoms. The van der Waals surface area contributed by atoms with Crippen LogP contribution in [0.25, 0.3) is 0 Å². The lowest BCUT2D eigenvalue weighted by Gasteiger charge is -2.15. The van der Waals surface area contributed by atoms with Crippen molar-refractivity contribution in [1.82, 2.24) is 10.6 Å². The maximum absolute atomic E-state index is 12.0. The SMILES string of the molecule is Cc1cccc(C(=O)NCC(=O)NC(C)c2ccc(S(N)(=O)=O)cc2)c1. The first kappa shape index (κ1) is 19.6. The van der Waals surface area contributed by atoms with E-state index in [9.17, 15) is 18.0 Å². The van der Waals surface area contributed by atoms with Gasteiger partial charge in [0.15, 0.2) is 0 Å². The molecule has 0 aromatic heterocycles. The number of benzene rings is 2. The maximum Gasteiger partial charge on any atom is 0.251 e. The first-order chi connectivity index (χ1) is 12.2. The van der Waals surface area contributed by atoms with Gasteiger partial charge in [-0.2, -0.15) is 0 Å². The monoisotopic (exact) mass is 375 g/mol. The number of rotatable bonds is 6. The van der Waals surface area contributed by atoms with Crippen molar-refractivity contribution in [1.29, 1.82) is 0 Å². The Kier molecular flexibility index (Phi) is 6.12. The van der Waals surface area contributed by atoms with Gasteiger partial charge in [0.25, 0.3) is 5.91 Å². The minimum absolute atomic E-state index is 0.00481. The number of hydrogen-bond donors (Lipinski definition) is 3. The average Bonchev–Trinajstić information content (AvgIpc) is 2.59. The summed E-state index contributed by atoms with van der Waals surface area (Å²) in [5.41, 5.74) is 2.17. The van der Waals surface area contributed by atoms with Crippen molar-refractivity contribution in [2.45, 2.75) is 24.8 Å². The molecule has 0 aliphatic heterocycles. The van der Waals surface area contributed by atoms with Crippen molar-refractivity contribution in [2.24, 2.45) is 5.14 Å². The van der Waals surface area contributed by atoms with Crippen LogP contribution in [-0.4, -0.2) is 26.8 Å². The number of sulfonamides is 1. The van der Waals surface area contributed by atoms with E-state index in [1.54, 1.807) is 37.3 Å². The van der Waals surface area contributed by atoms with Crippen LogP contribution in [0.1, 0.15) is 34.5 Å². The van der Waals surface area contributed by atoms with E-state index in [1.807, 2.05) is 13.0 Å². The van der Waals surface area contributed by atoms with E-state index in [1.165, 1.54) is 12.1 Å². The van der Waals surface area contributed by atoms with E-state index >= 15 is 0 Å². The van der Waals surface area contributed by atoms with E-state index in [2.05, 4.69) is 10.6 Å². The zero-order chi connectivity index (χ0) is 19.3. The molecule has 26 heavy (non-hydrogen) atoms. The zero-order valence-corrected chi connectivity index (χ0v) is 15.3. The minimum Gasteiger partial charge on any atom is -0.348 e. The van der Waals surface area contributed by atoms with E-state index in [0.717, 1.165) is 11.1 Å². The van der Waals surface area contributed by atoms with Gasteiger partial charge >= 0.3 is 0 Å². The van der Waals surface area contributed by atoms with E-state index in [4.69, 9.17) is 5.14 Å². The van der Waals surface area contributed by atoms with Crippen molar-refractivity contribution in [3.05, 3.63) is 65.2 Å². The molecule has 7 nitrogen and oxygen atoms in total. The van der Waals surface area contributed by atoms with Crippen LogP contribution in [0, 0.1) is 6.92 Å². The predicted molar refractivity (Wildman–Crippen MR) is 97.9 cm³/mol. The minimum atomic E-state index is -3.75. The highest BCUT2D eigenvalue weighted by Crippen LogP contribution is 2.15. The lowest BCUT2D eigenvalue weighted by Crippen LogP contribution is -2.38. The summed E-state index contributed by atoms with van der Waals surface area (Å²) in [5.74, 6) is -0.678. The van der Waals surface area contributed by atoms with Crippen LogP contribution in [0.15, 0.2) is 53.4 Å². The molecule has 0 fully saturated rings. The summed E-state index contributed by atoms with van der Waals surface area (Å²) < 4.78 is 22.5. The van der Waals surface area contributed by atoms with Gasteiger partial charge in [-0.05, 0) is 43.7 Å². The molecule has 0 aliphatic carbocycles. The zero-order valence-electron chi connectivity index (χ0n) is 14.5. The molecule has 2 aromatic rings. The maximum atomic E-state index is 12.0. The van der Waals surface area contributed by atoms with E-state index < -0.39 is 10.0 Å². The van der Waals surface area contributed by atoms with E-state index in [0.29, 0.717) is 5.56 Å². The Morgan fingerprint density at radius 2 is 1.77 bits per heavy atom. The Bertz CT molecular complexity index is 908. The van der Waals surface area contributed by atoms with Crippen molar-refractivity contribution in [3.8, 4) is 0 Å². The fraction of sp³-hybridized carbons (Fsp3) is 0.222. The Balaban J connectivity index is 1.90. The molecule has 0 spiro atoms. The Morgan fingerprint density at radius 3 is 2.35 bits per heavy atom. The van der Waals surface area contributed by atoms with Gasteiger partial charge in [-0.25, -0.2) is 13.6 Å². The molecule has 0 heterocycles. The van der Waals surface area contributed by atoms with Gasteiger partial charge in [0.1, 0.15) is 0 Å². The van der Waals surface area contributed by atoms with Crippen LogP contribution in [0.2, 0.25) is 0 Å². The molecule has 2 rings (SSSR count). The molecule has 1 unspecified atom stereocenters. The smallest absolute Gasteiger partial charge is 0.251 e. The lowest BCUT2D eigenvalue weighted by molar-refractivity contribution is -0.120. The van der Waals surface area contributed by atoms with Gasteiger partial charge in [0.05, 0.1) is 17.5 Å². The van der Waals surface area contributed by atoms with Gasteiger partial charge in [-0.15, -0.1) is 0 Å². The second kappa shape index (κ2) is 8.11. The second-order valence-corrected chi connectivity index (χ2v) is 7.52. The fourth-order valence-electron chi connectivity index (χ4n) is 2.37. The van der Waals surface area contributed by atoms with Crippen LogP contribution in [0.5, 0.6) is 0 Å². The third-order valence-corrected chi connectivity index (χ3v) is 4.71. The number of amides is 2. The standard InChI is InChI=1S/C18H21N3O4S/c1-12-4-3-5-15(10-12)18(23)20-11-17(22)21-13(2)14-6-8-16(9-7-14)26(19,24)25/h3-10,13H,11H2,1-2H3,(H,20,23)(H,21,22)(H2,19,24,25). The third-order valence-electron chi connectivity index (χ3n) is 3.78. The number of primary sulfonamides is 1. The first-order valence-corrected chi connectivity index (χ1v) is 9.48. The number of carbonyl (C=O) groups is 2. The molecule has 0 radical (unpaired) electrons. The van der Waals surface area contributed by atoms with Crippen LogP contribution >= 0.6 is 0 Å². The largest absolute Gasteiger partial charge is 0.348 e. The van der Waals surface area contributed by atoms with Gasteiger partial charge in [0.2, 0.25) is 15.9 Å². The average molecular weight is 375 g/mol. The number of carbonyl (C=O) groups excluding carboxylic acids is 2. The van der Waals surface area contributed by atoms with Gasteiger partial charge < -0.3 is 10.6 Å². The summed E-state index contributed by atoms with van der Waals surface area (Å²) in [6.07, 6.45) is 0. The Labute approximate surface area is 152 Å². The number of aryl methyl sites for hydroxylation is 1. The molecule has 1 atom stereocenters. The van der Waals surface area contributed by atoms with E-state index in [-0.39, 0.29) is 29.3 Å². The molecule has 0 aliphatic rings. The molecule has 138 valence electrons. The molecule has 8 heteroatoms. The Hall–Kier alpha value is -2.71. The number of nitrogens with two attached hydrogens (primary N) is 1. The molecule has 0 saturated heterocycles. The van der Waals surface area contributed by atoms with Crippen molar-refractivity contribution < 1.29 is 18.0 Å². The van der Waals surface area contributed by atoms with Crippen LogP contribution in [0.4, 0.5) is 0 Å². The summed E-state index contributed by atoms with van der Waals surface area (Å²) in [4.78, 5) is 24.0. The highest BCUT2D eigenvalue weighted by atomic mass is 32.2. The quantitative estimate of drug-likeness (QED) is 0.704. The van der Waals surface area contributed by atoms with Gasteiger partial charge in [-0.3, -0.25) is 9.59 Å². The molecule has 2 aromatic carbocycles. The summed E-state index contributed by atoms with van der Waals surface area (Å²) in [6, 6.07) is 12.6. The molecule has 0 saturated carbocycles. The Morgan fingerprint density at radius 1 is 1.12 bits per heavy atom. The summed E-state index contributed by atoms with van der Waals surface area (Å²) in [5, 5.41) is 10.4. The van der Waals surface area contributed by atoms with Crippen LogP contribution in [-0.2, 0) is 14.8 Å². The molecule has 4 N–H and O–H groups in total. The molecular weight excluding hydrogens is 354 g/mol. The summed E-state index contributed by atoms with van der Waals surface area (Å²) in [6.45, 7) is 3.48. The van der Waals surface area contributed by atoms with Crippen LogP contribution < -0.4 is 15.8 Å². The van der Waals surface area contributed by atoms with Crippen LogP contribution in [0.3, 0.4) is 0 Å². The van der Waals surface area contributed by atoms with Crippen molar-refractivity contribution in [3.63, 3.8) is 0 Å². The topological polar surface area (TPSA) is 118 Å². The van der Waals surface area contributed by atoms with Crippen molar-refractivity contribution >= 4 is 21.8 Å². The number of nitrogens with one attached hydrogen (secondary N) is 2. The number of hydrogen-bond acceptors (Lipinski definition) is 4. The normalized spacial score (nSPS) is 12.3. The molecular formula is C18H21N3O4S. The summed E-state index contributed by atoms with van der Waals surface area (Å²) in [7, 11) is -3.75. The second-order valence-electron chi connectivity index (χ2n) is 5.96.